The van der Waals surface area contributed by atoms with E-state index in [0.717, 1.165) is 30.0 Å². The zero-order chi connectivity index (χ0) is 15.2. The Labute approximate surface area is 133 Å². The molecule has 2 heterocycles. The lowest BCUT2D eigenvalue weighted by Crippen LogP contribution is -2.41. The summed E-state index contributed by atoms with van der Waals surface area (Å²) in [6, 6.07) is 3.13. The van der Waals surface area contributed by atoms with Crippen molar-refractivity contribution in [3.63, 3.8) is 0 Å². The van der Waals surface area contributed by atoms with Crippen LogP contribution >= 0.6 is 15.9 Å². The molecule has 1 saturated heterocycles. The first-order valence-corrected chi connectivity index (χ1v) is 8.19. The van der Waals surface area contributed by atoms with E-state index in [-0.39, 0.29) is 18.0 Å². The zero-order valence-corrected chi connectivity index (χ0v) is 13.9. The number of piperidine rings is 1. The van der Waals surface area contributed by atoms with Crippen molar-refractivity contribution in [2.24, 2.45) is 5.92 Å². The molecule has 0 aliphatic carbocycles. The molecule has 0 spiro atoms. The molecule has 1 fully saturated rings. The Morgan fingerprint density at radius 2 is 2.29 bits per heavy atom. The van der Waals surface area contributed by atoms with Crippen molar-refractivity contribution in [2.45, 2.75) is 26.3 Å². The van der Waals surface area contributed by atoms with Gasteiger partial charge >= 0.3 is 0 Å². The molecule has 1 amide bonds. The second-order valence-corrected chi connectivity index (χ2v) is 6.63. The minimum Gasteiger partial charge on any atom is -0.353 e. The van der Waals surface area contributed by atoms with Gasteiger partial charge in [0.1, 0.15) is 6.54 Å². The van der Waals surface area contributed by atoms with Gasteiger partial charge in [0.15, 0.2) is 0 Å². The summed E-state index contributed by atoms with van der Waals surface area (Å²) in [6.45, 7) is 6.07. The van der Waals surface area contributed by atoms with Gasteiger partial charge in [0.2, 0.25) is 5.91 Å². The summed E-state index contributed by atoms with van der Waals surface area (Å²) in [6.07, 6.45) is 4.17. The number of carbonyl (C=O) groups is 1. The molecule has 0 saturated carbocycles. The predicted octanol–water partition coefficient (Wildman–Crippen LogP) is 1.46. The van der Waals surface area contributed by atoms with Gasteiger partial charge in [0.05, 0.1) is 0 Å². The standard InChI is InChI=1S/C15H22BrN3O2/c1-12-3-2-7-18(9-12)8-6-17-14(20)11-19-10-13(16)4-5-15(19)21/h4-5,10,12H,2-3,6-9,11H2,1H3,(H,17,20)/t12-/m0/s1. The number of nitrogens with one attached hydrogen (secondary N) is 1. The van der Waals surface area contributed by atoms with Crippen molar-refractivity contribution >= 4 is 21.8 Å². The van der Waals surface area contributed by atoms with Crippen molar-refractivity contribution in [3.8, 4) is 0 Å². The van der Waals surface area contributed by atoms with Crippen LogP contribution in [-0.2, 0) is 11.3 Å². The normalized spacial score (nSPS) is 19.4. The van der Waals surface area contributed by atoms with Crippen molar-refractivity contribution in [3.05, 3.63) is 33.2 Å². The second kappa shape index (κ2) is 7.75. The van der Waals surface area contributed by atoms with Crippen molar-refractivity contribution < 1.29 is 4.79 Å². The third-order valence-corrected chi connectivity index (χ3v) is 4.22. The van der Waals surface area contributed by atoms with Crippen LogP contribution in [-0.4, -0.2) is 41.6 Å². The van der Waals surface area contributed by atoms with Crippen LogP contribution in [0.5, 0.6) is 0 Å². The van der Waals surface area contributed by atoms with Gasteiger partial charge in [-0.1, -0.05) is 6.92 Å². The molecule has 1 aromatic rings. The van der Waals surface area contributed by atoms with Crippen molar-refractivity contribution in [1.29, 1.82) is 0 Å². The summed E-state index contributed by atoms with van der Waals surface area (Å²) in [5.74, 6) is 0.620. The molecule has 2 rings (SSSR count). The molecular weight excluding hydrogens is 334 g/mol. The maximum Gasteiger partial charge on any atom is 0.251 e. The number of pyridine rings is 1. The summed E-state index contributed by atoms with van der Waals surface area (Å²) in [5, 5.41) is 2.88. The Balaban J connectivity index is 1.74. The van der Waals surface area contributed by atoms with E-state index >= 15 is 0 Å². The molecule has 1 N–H and O–H groups in total. The van der Waals surface area contributed by atoms with Crippen LogP contribution in [0.4, 0.5) is 0 Å². The number of rotatable bonds is 5. The minimum absolute atomic E-state index is 0.0642. The predicted molar refractivity (Wildman–Crippen MR) is 86.2 cm³/mol. The van der Waals surface area contributed by atoms with Crippen molar-refractivity contribution in [2.75, 3.05) is 26.2 Å². The fraction of sp³-hybridized carbons (Fsp3) is 0.600. The smallest absolute Gasteiger partial charge is 0.251 e. The molecule has 0 unspecified atom stereocenters. The summed E-state index contributed by atoms with van der Waals surface area (Å²) in [5.41, 5.74) is -0.168. The number of nitrogens with zero attached hydrogens (tertiary/aromatic N) is 2. The monoisotopic (exact) mass is 355 g/mol. The van der Waals surface area contributed by atoms with Gasteiger partial charge in [0, 0.05) is 36.4 Å². The molecule has 1 aliphatic rings. The Morgan fingerprint density at radius 3 is 3.05 bits per heavy atom. The van der Waals surface area contributed by atoms with Gasteiger partial charge in [0.25, 0.3) is 5.56 Å². The Hall–Kier alpha value is -1.14. The quantitative estimate of drug-likeness (QED) is 0.869. The Bertz CT molecular complexity index is 544. The summed E-state index contributed by atoms with van der Waals surface area (Å²) in [7, 11) is 0. The summed E-state index contributed by atoms with van der Waals surface area (Å²) in [4.78, 5) is 25.9. The van der Waals surface area contributed by atoms with E-state index in [9.17, 15) is 9.59 Å². The average Bonchev–Trinajstić information content (AvgIpc) is 2.43. The lowest BCUT2D eigenvalue weighted by Gasteiger charge is -2.30. The molecule has 0 aromatic carbocycles. The fourth-order valence-electron chi connectivity index (χ4n) is 2.68. The molecule has 0 radical (unpaired) electrons. The summed E-state index contributed by atoms with van der Waals surface area (Å²) < 4.78 is 2.19. The number of amides is 1. The minimum atomic E-state index is -0.168. The molecule has 1 aliphatic heterocycles. The van der Waals surface area contributed by atoms with Crippen LogP contribution in [0.25, 0.3) is 0 Å². The van der Waals surface area contributed by atoms with Crippen LogP contribution in [0, 0.1) is 5.92 Å². The number of aromatic nitrogens is 1. The molecule has 6 heteroatoms. The molecule has 0 bridgehead atoms. The van der Waals surface area contributed by atoms with Crippen LogP contribution in [0.2, 0.25) is 0 Å². The number of likely N-dealkylation sites (tertiary alicyclic amines) is 1. The first-order valence-electron chi connectivity index (χ1n) is 7.39. The van der Waals surface area contributed by atoms with E-state index in [4.69, 9.17) is 0 Å². The SMILES string of the molecule is C[C@H]1CCCN(CCNC(=O)Cn2cc(Br)ccc2=O)C1. The van der Waals surface area contributed by atoms with Gasteiger partial charge in [-0.25, -0.2) is 0 Å². The highest BCUT2D eigenvalue weighted by Crippen LogP contribution is 2.14. The van der Waals surface area contributed by atoms with Crippen LogP contribution in [0.3, 0.4) is 0 Å². The molecule has 1 atom stereocenters. The molecule has 1 aromatic heterocycles. The van der Waals surface area contributed by atoms with E-state index in [1.54, 1.807) is 12.3 Å². The first-order chi connectivity index (χ1) is 10.0. The molecule has 21 heavy (non-hydrogen) atoms. The number of carbonyl (C=O) groups excluding carboxylic acids is 1. The number of hydrogen-bond donors (Lipinski definition) is 1. The van der Waals surface area contributed by atoms with Crippen molar-refractivity contribution in [1.82, 2.24) is 14.8 Å². The van der Waals surface area contributed by atoms with Gasteiger partial charge in [-0.3, -0.25) is 9.59 Å². The van der Waals surface area contributed by atoms with Gasteiger partial charge in [-0.2, -0.15) is 0 Å². The summed E-state index contributed by atoms with van der Waals surface area (Å²) >= 11 is 3.30. The largest absolute Gasteiger partial charge is 0.353 e. The fourth-order valence-corrected chi connectivity index (χ4v) is 3.06. The molecular formula is C15H22BrN3O2. The number of hydrogen-bond acceptors (Lipinski definition) is 3. The maximum absolute atomic E-state index is 11.9. The van der Waals surface area contributed by atoms with Gasteiger partial charge in [-0.15, -0.1) is 0 Å². The van der Waals surface area contributed by atoms with Gasteiger partial charge in [-0.05, 0) is 47.3 Å². The van der Waals surface area contributed by atoms with Gasteiger partial charge < -0.3 is 14.8 Å². The highest BCUT2D eigenvalue weighted by atomic mass is 79.9. The molecule has 116 valence electrons. The van der Waals surface area contributed by atoms with E-state index in [1.165, 1.54) is 23.5 Å². The topological polar surface area (TPSA) is 54.3 Å². The second-order valence-electron chi connectivity index (χ2n) is 5.71. The van der Waals surface area contributed by atoms with Crippen LogP contribution < -0.4 is 10.9 Å². The van der Waals surface area contributed by atoms with Crippen LogP contribution in [0.1, 0.15) is 19.8 Å². The van der Waals surface area contributed by atoms with Crippen LogP contribution in [0.15, 0.2) is 27.6 Å². The Morgan fingerprint density at radius 1 is 1.48 bits per heavy atom. The highest BCUT2D eigenvalue weighted by molar-refractivity contribution is 9.10. The first kappa shape index (κ1) is 16.2. The third kappa shape index (κ3) is 5.28. The van der Waals surface area contributed by atoms with E-state index in [2.05, 4.69) is 33.1 Å². The van der Waals surface area contributed by atoms with E-state index in [0.29, 0.717) is 6.54 Å². The Kier molecular flexibility index (Phi) is 5.99. The highest BCUT2D eigenvalue weighted by Gasteiger charge is 2.15. The maximum atomic E-state index is 11.9. The number of halogens is 1. The third-order valence-electron chi connectivity index (χ3n) is 3.75. The van der Waals surface area contributed by atoms with E-state index in [1.807, 2.05) is 0 Å². The molecule has 5 nitrogen and oxygen atoms in total. The zero-order valence-electron chi connectivity index (χ0n) is 12.3. The van der Waals surface area contributed by atoms with E-state index < -0.39 is 0 Å². The lowest BCUT2D eigenvalue weighted by atomic mass is 10.0. The average molecular weight is 356 g/mol. The lowest BCUT2D eigenvalue weighted by molar-refractivity contribution is -0.121.